The van der Waals surface area contributed by atoms with Crippen LogP contribution in [-0.2, 0) is 36.8 Å². The van der Waals surface area contributed by atoms with Crippen molar-refractivity contribution in [3.8, 4) is 0 Å². The Balaban J connectivity index is 2.25. The second-order valence-corrected chi connectivity index (χ2v) is 8.21. The fourth-order valence-electron chi connectivity index (χ4n) is 3.32. The maximum atomic E-state index is 13.2. The number of aliphatic hydroxyl groups is 1. The number of hydrogen-bond acceptors (Lipinski definition) is 8. The lowest BCUT2D eigenvalue weighted by atomic mass is 10.0. The van der Waals surface area contributed by atoms with Gasteiger partial charge in [0.1, 0.15) is 24.2 Å². The van der Waals surface area contributed by atoms with Crippen molar-refractivity contribution in [2.75, 3.05) is 6.61 Å². The largest absolute Gasteiger partial charge is 0.481 e. The molecule has 2 aromatic rings. The molecule has 0 aliphatic rings. The van der Waals surface area contributed by atoms with Crippen LogP contribution in [0.3, 0.4) is 0 Å². The van der Waals surface area contributed by atoms with Gasteiger partial charge in [-0.1, -0.05) is 30.3 Å². The number of carboxylic acid groups (broad SMARTS) is 2. The number of nitrogens with two attached hydrogens (primary N) is 1. The number of nitrogens with zero attached hydrogens (tertiary/aromatic N) is 1. The van der Waals surface area contributed by atoms with Crippen LogP contribution in [0, 0.1) is 0 Å². The van der Waals surface area contributed by atoms with Crippen molar-refractivity contribution in [3.05, 3.63) is 54.1 Å². The van der Waals surface area contributed by atoms with Gasteiger partial charge in [0.15, 0.2) is 0 Å². The van der Waals surface area contributed by atoms with E-state index in [9.17, 15) is 34.2 Å². The van der Waals surface area contributed by atoms with Crippen LogP contribution in [0.1, 0.15) is 24.1 Å². The zero-order chi connectivity index (χ0) is 27.4. The van der Waals surface area contributed by atoms with Crippen LogP contribution >= 0.6 is 0 Å². The summed E-state index contributed by atoms with van der Waals surface area (Å²) in [6, 6.07) is 3.43. The lowest BCUT2D eigenvalue weighted by molar-refractivity contribution is -0.143. The summed E-state index contributed by atoms with van der Waals surface area (Å²) in [4.78, 5) is 67.6. The number of amides is 3. The standard InChI is InChI=1S/C23H30N6O8/c24-15(11-30)20(33)28-17(8-13-4-2-1-3-5-13)21(34)29-18(9-14-10-25-12-26-14)22(35)27-16(23(36)37)6-7-19(31)32/h1-5,10,12,15-18,30H,6-9,11,24H2,(H,25,26)(H,27,35)(H,28,33)(H,29,34)(H,31,32)(H,36,37). The van der Waals surface area contributed by atoms with Crippen molar-refractivity contribution in [2.24, 2.45) is 5.73 Å². The van der Waals surface area contributed by atoms with Crippen LogP contribution in [0.15, 0.2) is 42.9 Å². The fourth-order valence-corrected chi connectivity index (χ4v) is 3.32. The van der Waals surface area contributed by atoms with E-state index in [0.717, 1.165) is 0 Å². The van der Waals surface area contributed by atoms with E-state index in [2.05, 4.69) is 25.9 Å². The molecular weight excluding hydrogens is 488 g/mol. The molecule has 14 nitrogen and oxygen atoms in total. The maximum absolute atomic E-state index is 13.2. The first-order valence-electron chi connectivity index (χ1n) is 11.3. The number of imidazole rings is 1. The smallest absolute Gasteiger partial charge is 0.326 e. The lowest BCUT2D eigenvalue weighted by Crippen LogP contribution is -2.58. The van der Waals surface area contributed by atoms with E-state index < -0.39 is 66.9 Å². The number of carboxylic acids is 2. The van der Waals surface area contributed by atoms with E-state index >= 15 is 0 Å². The Morgan fingerprint density at radius 1 is 0.892 bits per heavy atom. The Labute approximate surface area is 211 Å². The molecule has 4 atom stereocenters. The highest BCUT2D eigenvalue weighted by atomic mass is 16.4. The first-order valence-corrected chi connectivity index (χ1v) is 11.3. The van der Waals surface area contributed by atoms with Gasteiger partial charge in [0.2, 0.25) is 17.7 Å². The second kappa shape index (κ2) is 14.3. The number of aromatic nitrogens is 2. The molecule has 0 aliphatic carbocycles. The number of carbonyl (C=O) groups is 5. The Kier molecular flexibility index (Phi) is 11.2. The minimum Gasteiger partial charge on any atom is -0.481 e. The molecule has 1 heterocycles. The van der Waals surface area contributed by atoms with Crippen molar-refractivity contribution < 1.29 is 39.3 Å². The minimum absolute atomic E-state index is 0.0331. The van der Waals surface area contributed by atoms with Gasteiger partial charge < -0.3 is 42.0 Å². The number of carbonyl (C=O) groups excluding carboxylic acids is 3. The van der Waals surface area contributed by atoms with Crippen molar-refractivity contribution in [3.63, 3.8) is 0 Å². The Bertz CT molecular complexity index is 1060. The van der Waals surface area contributed by atoms with Gasteiger partial charge in [0.05, 0.1) is 12.9 Å². The Hall–Kier alpha value is -4.30. The highest BCUT2D eigenvalue weighted by molar-refractivity contribution is 5.94. The fraction of sp³-hybridized carbons (Fsp3) is 0.391. The van der Waals surface area contributed by atoms with Gasteiger partial charge in [-0.3, -0.25) is 19.2 Å². The number of nitrogens with one attached hydrogen (secondary N) is 4. The summed E-state index contributed by atoms with van der Waals surface area (Å²) >= 11 is 0. The molecule has 3 amide bonds. The zero-order valence-electron chi connectivity index (χ0n) is 19.8. The minimum atomic E-state index is -1.51. The average Bonchev–Trinajstić information content (AvgIpc) is 3.38. The number of aliphatic carboxylic acids is 2. The van der Waals surface area contributed by atoms with Gasteiger partial charge in [-0.2, -0.15) is 0 Å². The molecule has 2 rings (SSSR count). The predicted octanol–water partition coefficient (Wildman–Crippen LogP) is -2.08. The summed E-state index contributed by atoms with van der Waals surface area (Å²) in [6.45, 7) is -0.650. The van der Waals surface area contributed by atoms with Gasteiger partial charge in [0.25, 0.3) is 0 Å². The molecule has 0 spiro atoms. The molecule has 1 aromatic heterocycles. The van der Waals surface area contributed by atoms with Crippen LogP contribution < -0.4 is 21.7 Å². The first-order chi connectivity index (χ1) is 17.6. The van der Waals surface area contributed by atoms with E-state index in [-0.39, 0.29) is 19.3 Å². The van der Waals surface area contributed by atoms with Crippen molar-refractivity contribution in [1.82, 2.24) is 25.9 Å². The maximum Gasteiger partial charge on any atom is 0.326 e. The molecule has 37 heavy (non-hydrogen) atoms. The van der Waals surface area contributed by atoms with Crippen molar-refractivity contribution in [1.29, 1.82) is 0 Å². The summed E-state index contributed by atoms with van der Waals surface area (Å²) in [6.07, 6.45) is 1.83. The topological polar surface area (TPSA) is 237 Å². The normalized spacial score (nSPS) is 14.0. The monoisotopic (exact) mass is 518 g/mol. The highest BCUT2D eigenvalue weighted by Gasteiger charge is 2.31. The number of hydrogen-bond donors (Lipinski definition) is 8. The molecule has 4 unspecified atom stereocenters. The van der Waals surface area contributed by atoms with Crippen molar-refractivity contribution in [2.45, 2.75) is 49.9 Å². The summed E-state index contributed by atoms with van der Waals surface area (Å²) in [7, 11) is 0. The molecular formula is C23H30N6O8. The van der Waals surface area contributed by atoms with E-state index in [0.29, 0.717) is 11.3 Å². The van der Waals surface area contributed by atoms with Crippen LogP contribution in [0.4, 0.5) is 0 Å². The van der Waals surface area contributed by atoms with Crippen molar-refractivity contribution >= 4 is 29.7 Å². The van der Waals surface area contributed by atoms with E-state index in [1.807, 2.05) is 0 Å². The number of rotatable bonds is 15. The van der Waals surface area contributed by atoms with Gasteiger partial charge >= 0.3 is 11.9 Å². The first kappa shape index (κ1) is 28.9. The number of aliphatic hydroxyl groups excluding tert-OH is 1. The molecule has 200 valence electrons. The third-order valence-corrected chi connectivity index (χ3v) is 5.32. The molecule has 0 aliphatic heterocycles. The van der Waals surface area contributed by atoms with E-state index in [4.69, 9.17) is 10.8 Å². The van der Waals surface area contributed by atoms with Crippen LogP contribution in [0.2, 0.25) is 0 Å². The van der Waals surface area contributed by atoms with E-state index in [1.54, 1.807) is 30.3 Å². The molecule has 0 saturated heterocycles. The number of aromatic amines is 1. The highest BCUT2D eigenvalue weighted by Crippen LogP contribution is 2.07. The van der Waals surface area contributed by atoms with Crippen LogP contribution in [0.5, 0.6) is 0 Å². The molecule has 1 aromatic carbocycles. The number of H-pyrrole nitrogens is 1. The average molecular weight is 519 g/mol. The summed E-state index contributed by atoms with van der Waals surface area (Å²) in [5.74, 6) is -5.10. The molecule has 0 bridgehead atoms. The third-order valence-electron chi connectivity index (χ3n) is 5.32. The Morgan fingerprint density at radius 3 is 2.03 bits per heavy atom. The molecule has 14 heteroatoms. The van der Waals surface area contributed by atoms with Gasteiger partial charge in [-0.05, 0) is 12.0 Å². The van der Waals surface area contributed by atoms with Crippen LogP contribution in [-0.4, -0.2) is 85.7 Å². The number of benzene rings is 1. The summed E-state index contributed by atoms with van der Waals surface area (Å²) in [5.41, 5.74) is 6.70. The zero-order valence-corrected chi connectivity index (χ0v) is 19.8. The quantitative estimate of drug-likeness (QED) is 0.128. The Morgan fingerprint density at radius 2 is 1.49 bits per heavy atom. The van der Waals surface area contributed by atoms with Crippen LogP contribution in [0.25, 0.3) is 0 Å². The van der Waals surface area contributed by atoms with Gasteiger partial charge in [-0.15, -0.1) is 0 Å². The molecule has 9 N–H and O–H groups in total. The molecule has 0 saturated carbocycles. The summed E-state index contributed by atoms with van der Waals surface area (Å²) < 4.78 is 0. The molecule has 0 fully saturated rings. The van der Waals surface area contributed by atoms with Gasteiger partial charge in [-0.25, -0.2) is 9.78 Å². The van der Waals surface area contributed by atoms with E-state index in [1.165, 1.54) is 12.5 Å². The lowest BCUT2D eigenvalue weighted by Gasteiger charge is -2.25. The summed E-state index contributed by atoms with van der Waals surface area (Å²) in [5, 5.41) is 34.7. The third kappa shape index (κ3) is 9.70. The predicted molar refractivity (Wildman–Crippen MR) is 128 cm³/mol. The molecule has 0 radical (unpaired) electrons. The SMILES string of the molecule is NC(CO)C(=O)NC(Cc1ccccc1)C(=O)NC(Cc1cnc[nH]1)C(=O)NC(CCC(=O)O)C(=O)O. The second-order valence-electron chi connectivity index (χ2n) is 8.21. The van der Waals surface area contributed by atoms with Gasteiger partial charge in [0, 0.05) is 31.2 Å².